The second kappa shape index (κ2) is 7.90. The molecule has 0 saturated heterocycles. The SMILES string of the molecule is COc1cccc(C(=O)Nc2cc(Cl)ccc2C(=O)NC(C)C)c1O. The van der Waals surface area contributed by atoms with Gasteiger partial charge in [0.2, 0.25) is 0 Å². The zero-order chi connectivity index (χ0) is 18.6. The van der Waals surface area contributed by atoms with E-state index in [2.05, 4.69) is 10.6 Å². The predicted molar refractivity (Wildman–Crippen MR) is 96.7 cm³/mol. The Balaban J connectivity index is 2.35. The average Bonchev–Trinajstić information content (AvgIpc) is 2.54. The number of hydrogen-bond acceptors (Lipinski definition) is 4. The lowest BCUT2D eigenvalue weighted by atomic mass is 10.1. The van der Waals surface area contributed by atoms with Crippen molar-refractivity contribution < 1.29 is 19.4 Å². The van der Waals surface area contributed by atoms with E-state index in [1.54, 1.807) is 12.1 Å². The maximum atomic E-state index is 12.5. The Morgan fingerprint density at radius 3 is 2.48 bits per heavy atom. The summed E-state index contributed by atoms with van der Waals surface area (Å²) in [7, 11) is 1.39. The monoisotopic (exact) mass is 362 g/mol. The van der Waals surface area contributed by atoms with E-state index >= 15 is 0 Å². The van der Waals surface area contributed by atoms with Crippen LogP contribution in [0.4, 0.5) is 5.69 Å². The molecule has 132 valence electrons. The van der Waals surface area contributed by atoms with Gasteiger partial charge in [-0.15, -0.1) is 0 Å². The van der Waals surface area contributed by atoms with Crippen LogP contribution in [-0.2, 0) is 0 Å². The van der Waals surface area contributed by atoms with Crippen LogP contribution < -0.4 is 15.4 Å². The lowest BCUT2D eigenvalue weighted by Crippen LogP contribution is -2.31. The van der Waals surface area contributed by atoms with E-state index in [0.717, 1.165) is 0 Å². The van der Waals surface area contributed by atoms with Crippen LogP contribution in [0, 0.1) is 0 Å². The molecule has 0 aliphatic carbocycles. The molecular weight excluding hydrogens is 344 g/mol. The molecule has 3 N–H and O–H groups in total. The maximum Gasteiger partial charge on any atom is 0.259 e. The molecule has 25 heavy (non-hydrogen) atoms. The molecule has 0 saturated carbocycles. The van der Waals surface area contributed by atoms with E-state index in [4.69, 9.17) is 16.3 Å². The third-order valence-corrected chi connectivity index (χ3v) is 3.59. The molecule has 2 amide bonds. The number of halogens is 1. The molecule has 0 radical (unpaired) electrons. The van der Waals surface area contributed by atoms with Crippen LogP contribution in [-0.4, -0.2) is 30.1 Å². The van der Waals surface area contributed by atoms with Crippen molar-refractivity contribution in [2.45, 2.75) is 19.9 Å². The Hall–Kier alpha value is -2.73. The quantitative estimate of drug-likeness (QED) is 0.760. The van der Waals surface area contributed by atoms with E-state index in [0.29, 0.717) is 5.02 Å². The van der Waals surface area contributed by atoms with Crippen molar-refractivity contribution in [1.29, 1.82) is 0 Å². The first-order valence-corrected chi connectivity index (χ1v) is 7.99. The number of amides is 2. The molecule has 0 aliphatic rings. The maximum absolute atomic E-state index is 12.5. The minimum absolute atomic E-state index is 0.0227. The number of anilines is 1. The van der Waals surface area contributed by atoms with Gasteiger partial charge in [-0.05, 0) is 44.2 Å². The van der Waals surface area contributed by atoms with Gasteiger partial charge in [-0.1, -0.05) is 17.7 Å². The highest BCUT2D eigenvalue weighted by molar-refractivity contribution is 6.31. The van der Waals surface area contributed by atoms with Crippen molar-refractivity contribution in [2.24, 2.45) is 0 Å². The molecule has 0 unspecified atom stereocenters. The van der Waals surface area contributed by atoms with Gasteiger partial charge in [0.15, 0.2) is 11.5 Å². The minimum Gasteiger partial charge on any atom is -0.504 e. The number of ether oxygens (including phenoxy) is 1. The van der Waals surface area contributed by atoms with E-state index in [-0.39, 0.29) is 40.3 Å². The summed E-state index contributed by atoms with van der Waals surface area (Å²) in [5.41, 5.74) is 0.543. The molecule has 2 aromatic carbocycles. The van der Waals surface area contributed by atoms with Crippen LogP contribution in [0.1, 0.15) is 34.6 Å². The second-order valence-electron chi connectivity index (χ2n) is 5.63. The fraction of sp³-hybridized carbons (Fsp3) is 0.222. The van der Waals surface area contributed by atoms with Crippen molar-refractivity contribution in [2.75, 3.05) is 12.4 Å². The number of methoxy groups -OCH3 is 1. The largest absolute Gasteiger partial charge is 0.504 e. The number of rotatable bonds is 5. The van der Waals surface area contributed by atoms with Crippen LogP contribution >= 0.6 is 11.6 Å². The zero-order valence-electron chi connectivity index (χ0n) is 14.1. The Bertz CT molecular complexity index is 806. The van der Waals surface area contributed by atoms with E-state index < -0.39 is 5.91 Å². The van der Waals surface area contributed by atoms with Gasteiger partial charge in [0.05, 0.1) is 23.9 Å². The average molecular weight is 363 g/mol. The first-order valence-electron chi connectivity index (χ1n) is 7.61. The van der Waals surface area contributed by atoms with Gasteiger partial charge in [0.1, 0.15) is 0 Å². The number of phenolic OH excluding ortho intramolecular Hbond substituents is 1. The highest BCUT2D eigenvalue weighted by atomic mass is 35.5. The third-order valence-electron chi connectivity index (χ3n) is 3.36. The molecule has 0 fully saturated rings. The Labute approximate surface area is 150 Å². The summed E-state index contributed by atoms with van der Waals surface area (Å²) in [5, 5.41) is 15.8. The fourth-order valence-corrected chi connectivity index (χ4v) is 2.39. The molecule has 0 heterocycles. The summed E-state index contributed by atoms with van der Waals surface area (Å²) in [5.74, 6) is -1.02. The molecule has 0 atom stereocenters. The van der Waals surface area contributed by atoms with Crippen LogP contribution in [0.2, 0.25) is 5.02 Å². The number of benzene rings is 2. The van der Waals surface area contributed by atoms with Crippen molar-refractivity contribution in [3.63, 3.8) is 0 Å². The van der Waals surface area contributed by atoms with Crippen molar-refractivity contribution in [1.82, 2.24) is 5.32 Å². The molecule has 6 nitrogen and oxygen atoms in total. The lowest BCUT2D eigenvalue weighted by molar-refractivity contribution is 0.0944. The number of carbonyl (C=O) groups is 2. The summed E-state index contributed by atoms with van der Waals surface area (Å²) >= 11 is 5.98. The second-order valence-corrected chi connectivity index (χ2v) is 6.07. The first-order chi connectivity index (χ1) is 11.8. The molecule has 0 spiro atoms. The van der Waals surface area contributed by atoms with Gasteiger partial charge >= 0.3 is 0 Å². The molecule has 2 rings (SSSR count). The highest BCUT2D eigenvalue weighted by Crippen LogP contribution is 2.30. The summed E-state index contributed by atoms with van der Waals surface area (Å²) in [6.07, 6.45) is 0. The van der Waals surface area contributed by atoms with Gasteiger partial charge in [-0.2, -0.15) is 0 Å². The van der Waals surface area contributed by atoms with Gasteiger partial charge in [0, 0.05) is 11.1 Å². The Morgan fingerprint density at radius 2 is 1.84 bits per heavy atom. The number of nitrogens with one attached hydrogen (secondary N) is 2. The molecule has 2 aromatic rings. The van der Waals surface area contributed by atoms with Gasteiger partial charge in [-0.25, -0.2) is 0 Å². The Kier molecular flexibility index (Phi) is 5.88. The zero-order valence-corrected chi connectivity index (χ0v) is 14.8. The minimum atomic E-state index is -0.586. The number of aromatic hydroxyl groups is 1. The topological polar surface area (TPSA) is 87.7 Å². The van der Waals surface area contributed by atoms with Crippen molar-refractivity contribution in [3.8, 4) is 11.5 Å². The van der Waals surface area contributed by atoms with E-state index in [1.807, 2.05) is 13.8 Å². The van der Waals surface area contributed by atoms with Crippen LogP contribution in [0.3, 0.4) is 0 Å². The number of phenols is 1. The van der Waals surface area contributed by atoms with Gasteiger partial charge in [0.25, 0.3) is 11.8 Å². The first kappa shape index (κ1) is 18.6. The summed E-state index contributed by atoms with van der Waals surface area (Å²) in [6.45, 7) is 3.67. The van der Waals surface area contributed by atoms with Crippen LogP contribution in [0.25, 0.3) is 0 Å². The highest BCUT2D eigenvalue weighted by Gasteiger charge is 2.19. The number of para-hydroxylation sites is 1. The van der Waals surface area contributed by atoms with Crippen molar-refractivity contribution in [3.05, 3.63) is 52.5 Å². The molecule has 7 heteroatoms. The smallest absolute Gasteiger partial charge is 0.259 e. The van der Waals surface area contributed by atoms with E-state index in [1.165, 1.54) is 31.4 Å². The van der Waals surface area contributed by atoms with Crippen molar-refractivity contribution >= 4 is 29.1 Å². The molecule has 0 bridgehead atoms. The van der Waals surface area contributed by atoms with Crippen LogP contribution in [0.5, 0.6) is 11.5 Å². The summed E-state index contributed by atoms with van der Waals surface area (Å²) in [4.78, 5) is 24.8. The Morgan fingerprint density at radius 1 is 1.12 bits per heavy atom. The van der Waals surface area contributed by atoms with Crippen LogP contribution in [0.15, 0.2) is 36.4 Å². The predicted octanol–water partition coefficient (Wildman–Crippen LogP) is 3.44. The standard InChI is InChI=1S/C18H19ClN2O4/c1-10(2)20-17(23)12-8-7-11(19)9-14(12)21-18(24)13-5-4-6-15(25-3)16(13)22/h4-10,22H,1-3H3,(H,20,23)(H,21,24). The molecular formula is C18H19ClN2O4. The lowest BCUT2D eigenvalue weighted by Gasteiger charge is -2.14. The van der Waals surface area contributed by atoms with Gasteiger partial charge < -0.3 is 20.5 Å². The number of carbonyl (C=O) groups excluding carboxylic acids is 2. The summed E-state index contributed by atoms with van der Waals surface area (Å²) in [6, 6.07) is 9.08. The molecule has 0 aromatic heterocycles. The molecule has 0 aliphatic heterocycles. The fourth-order valence-electron chi connectivity index (χ4n) is 2.22. The van der Waals surface area contributed by atoms with Gasteiger partial charge in [-0.3, -0.25) is 9.59 Å². The van der Waals surface area contributed by atoms with E-state index in [9.17, 15) is 14.7 Å². The third kappa shape index (κ3) is 4.42. The number of hydrogen-bond donors (Lipinski definition) is 3. The normalized spacial score (nSPS) is 10.4. The summed E-state index contributed by atoms with van der Waals surface area (Å²) < 4.78 is 5.00.